The number of aromatic nitrogens is 2. The molecule has 1 amide bonds. The minimum Gasteiger partial charge on any atom is -0.496 e. The molecule has 0 radical (unpaired) electrons. The summed E-state index contributed by atoms with van der Waals surface area (Å²) in [5, 5.41) is 6.56. The fourth-order valence-corrected chi connectivity index (χ4v) is 5.78. The molecule has 1 atom stereocenters. The zero-order valence-electron chi connectivity index (χ0n) is 25.0. The molecule has 1 fully saturated rings. The number of nitrogens with one attached hydrogen (secondary N) is 2. The normalized spacial score (nSPS) is 14.8. The molecule has 44 heavy (non-hydrogen) atoms. The Balaban J connectivity index is 1.45. The van der Waals surface area contributed by atoms with Gasteiger partial charge >= 0.3 is 5.69 Å². The molecule has 0 unspecified atom stereocenters. The van der Waals surface area contributed by atoms with Gasteiger partial charge in [-0.2, -0.15) is 0 Å². The molecule has 11 heteroatoms. The Morgan fingerprint density at radius 3 is 2.57 bits per heavy atom. The maximum Gasteiger partial charge on any atom is 0.330 e. The van der Waals surface area contributed by atoms with Crippen LogP contribution in [-0.2, 0) is 25.4 Å². The molecule has 0 bridgehead atoms. The largest absolute Gasteiger partial charge is 0.496 e. The molecular weight excluding hydrogens is 587 g/mol. The molecule has 1 saturated heterocycles. The van der Waals surface area contributed by atoms with E-state index in [1.807, 2.05) is 31.2 Å². The van der Waals surface area contributed by atoms with Crippen LogP contribution in [-0.4, -0.2) is 41.4 Å². The van der Waals surface area contributed by atoms with E-state index in [1.165, 1.54) is 38.0 Å². The average Bonchev–Trinajstić information content (AvgIpc) is 3.02. The molecule has 1 aliphatic rings. The van der Waals surface area contributed by atoms with Gasteiger partial charge in [-0.25, -0.2) is 9.18 Å². The highest BCUT2D eigenvalue weighted by Gasteiger charge is 2.21. The minimum absolute atomic E-state index is 0.161. The quantitative estimate of drug-likeness (QED) is 0.286. The van der Waals surface area contributed by atoms with Crippen molar-refractivity contribution in [3.8, 4) is 28.0 Å². The summed E-state index contributed by atoms with van der Waals surface area (Å²) in [6.07, 6.45) is 3.16. The summed E-state index contributed by atoms with van der Waals surface area (Å²) < 4.78 is 28.7. The van der Waals surface area contributed by atoms with Crippen LogP contribution >= 0.6 is 11.6 Å². The fourth-order valence-electron chi connectivity index (χ4n) is 5.45. The van der Waals surface area contributed by atoms with Gasteiger partial charge in [0.15, 0.2) is 0 Å². The fraction of sp³-hybridized carbons (Fsp3) is 0.303. The number of halogens is 2. The van der Waals surface area contributed by atoms with Gasteiger partial charge in [0.05, 0.1) is 18.7 Å². The van der Waals surface area contributed by atoms with Crippen molar-refractivity contribution in [3.63, 3.8) is 0 Å². The van der Waals surface area contributed by atoms with Crippen molar-refractivity contribution in [3.05, 3.63) is 103 Å². The van der Waals surface area contributed by atoms with E-state index < -0.39 is 23.0 Å². The lowest BCUT2D eigenvalue weighted by Crippen LogP contribution is -2.40. The molecule has 230 valence electrons. The minimum atomic E-state index is -0.692. The third-order valence-corrected chi connectivity index (χ3v) is 8.38. The van der Waals surface area contributed by atoms with Crippen LogP contribution in [0, 0.1) is 12.7 Å². The Bertz CT molecular complexity index is 1850. The summed E-state index contributed by atoms with van der Waals surface area (Å²) in [5.41, 5.74) is 2.82. The Morgan fingerprint density at radius 1 is 1.11 bits per heavy atom. The summed E-state index contributed by atoms with van der Waals surface area (Å²) in [6.45, 7) is 3.48. The third kappa shape index (κ3) is 6.19. The van der Waals surface area contributed by atoms with E-state index in [-0.39, 0.29) is 11.6 Å². The van der Waals surface area contributed by atoms with Crippen LogP contribution in [0.4, 0.5) is 10.1 Å². The Hall–Kier alpha value is -4.25. The predicted molar refractivity (Wildman–Crippen MR) is 169 cm³/mol. The van der Waals surface area contributed by atoms with Crippen molar-refractivity contribution >= 4 is 23.2 Å². The van der Waals surface area contributed by atoms with Crippen molar-refractivity contribution in [2.24, 2.45) is 14.1 Å². The summed E-state index contributed by atoms with van der Waals surface area (Å²) >= 11 is 6.97. The van der Waals surface area contributed by atoms with Crippen LogP contribution in [0.1, 0.15) is 34.3 Å². The molecule has 9 nitrogen and oxygen atoms in total. The average molecular weight is 621 g/mol. The van der Waals surface area contributed by atoms with Crippen LogP contribution < -0.4 is 26.6 Å². The molecule has 0 saturated carbocycles. The number of benzene rings is 3. The molecular formula is C33H34ClFN4O5. The molecule has 3 aromatic carbocycles. The van der Waals surface area contributed by atoms with Gasteiger partial charge in [-0.15, -0.1) is 0 Å². The van der Waals surface area contributed by atoms with Gasteiger partial charge in [0.1, 0.15) is 17.1 Å². The van der Waals surface area contributed by atoms with Crippen molar-refractivity contribution in [1.82, 2.24) is 14.5 Å². The van der Waals surface area contributed by atoms with Crippen molar-refractivity contribution < 1.29 is 18.7 Å². The first-order valence-electron chi connectivity index (χ1n) is 14.2. The van der Waals surface area contributed by atoms with Gasteiger partial charge in [-0.3, -0.25) is 14.2 Å². The highest BCUT2D eigenvalue weighted by Crippen LogP contribution is 2.40. The highest BCUT2D eigenvalue weighted by atomic mass is 35.5. The smallest absolute Gasteiger partial charge is 0.330 e. The number of nitrogens with zero attached hydrogens (tertiary/aromatic N) is 2. The lowest BCUT2D eigenvalue weighted by atomic mass is 9.94. The lowest BCUT2D eigenvalue weighted by molar-refractivity contribution is 0.0697. The zero-order valence-corrected chi connectivity index (χ0v) is 25.8. The second-order valence-electron chi connectivity index (χ2n) is 10.8. The molecule has 2 heterocycles. The Labute approximate surface area is 259 Å². The lowest BCUT2D eigenvalue weighted by Gasteiger charge is -2.24. The number of carbonyl (C=O) groups excluding carboxylic acids is 1. The van der Waals surface area contributed by atoms with E-state index in [9.17, 15) is 14.4 Å². The van der Waals surface area contributed by atoms with Crippen LogP contribution in [0.3, 0.4) is 0 Å². The van der Waals surface area contributed by atoms with E-state index in [1.54, 1.807) is 18.2 Å². The first-order chi connectivity index (χ1) is 21.1. The molecule has 4 aromatic rings. The van der Waals surface area contributed by atoms with Crippen molar-refractivity contribution in [2.45, 2.75) is 32.4 Å². The van der Waals surface area contributed by atoms with Gasteiger partial charge in [-0.1, -0.05) is 41.9 Å². The Kier molecular flexibility index (Phi) is 9.33. The third-order valence-electron chi connectivity index (χ3n) is 7.98. The number of rotatable bonds is 8. The molecule has 2 N–H and O–H groups in total. The van der Waals surface area contributed by atoms with E-state index >= 15 is 4.39 Å². The summed E-state index contributed by atoms with van der Waals surface area (Å²) in [5.74, 6) is -0.638. The van der Waals surface area contributed by atoms with E-state index in [0.29, 0.717) is 57.4 Å². The zero-order chi connectivity index (χ0) is 31.5. The number of carbonyl (C=O) groups is 1. The monoisotopic (exact) mass is 620 g/mol. The number of ether oxygens (including phenoxy) is 2. The van der Waals surface area contributed by atoms with Crippen LogP contribution in [0.5, 0.6) is 5.75 Å². The van der Waals surface area contributed by atoms with Gasteiger partial charge in [0, 0.05) is 61.9 Å². The van der Waals surface area contributed by atoms with Crippen LogP contribution in [0.15, 0.2) is 64.3 Å². The van der Waals surface area contributed by atoms with Crippen LogP contribution in [0.2, 0.25) is 5.02 Å². The van der Waals surface area contributed by atoms with Gasteiger partial charge in [-0.05, 0) is 54.7 Å². The predicted octanol–water partition coefficient (Wildman–Crippen LogP) is 5.05. The maximum absolute atomic E-state index is 15.5. The second kappa shape index (κ2) is 13.2. The van der Waals surface area contributed by atoms with E-state index in [4.69, 9.17) is 21.1 Å². The van der Waals surface area contributed by atoms with Crippen molar-refractivity contribution in [1.29, 1.82) is 0 Å². The van der Waals surface area contributed by atoms with Gasteiger partial charge in [0.25, 0.3) is 11.5 Å². The molecule has 0 aliphatic carbocycles. The maximum atomic E-state index is 15.5. The number of hydrogen-bond donors (Lipinski definition) is 2. The molecule has 1 aliphatic heterocycles. The van der Waals surface area contributed by atoms with Gasteiger partial charge < -0.3 is 24.7 Å². The number of anilines is 1. The van der Waals surface area contributed by atoms with E-state index in [0.717, 1.165) is 29.6 Å². The highest BCUT2D eigenvalue weighted by molar-refractivity contribution is 6.36. The SMILES string of the molecule is COc1cc(-c2cccc(-c3cccc(NC(=O)c4cn(C)c(=O)n(C)c4=O)c3C)c2Cl)cc(F)c1CN[C@@H]1CCCOC1. The van der Waals surface area contributed by atoms with Crippen LogP contribution in [0.25, 0.3) is 22.3 Å². The topological polar surface area (TPSA) is 104 Å². The first kappa shape index (κ1) is 31.2. The number of aryl methyl sites for hydroxylation is 1. The molecule has 1 aromatic heterocycles. The summed E-state index contributed by atoms with van der Waals surface area (Å²) in [6, 6.07) is 14.2. The number of methoxy groups -OCH3 is 1. The van der Waals surface area contributed by atoms with Gasteiger partial charge in [0.2, 0.25) is 0 Å². The summed E-state index contributed by atoms with van der Waals surface area (Å²) in [4.78, 5) is 37.7. The molecule has 5 rings (SSSR count). The number of amides is 1. The van der Waals surface area contributed by atoms with Crippen molar-refractivity contribution in [2.75, 3.05) is 25.6 Å². The Morgan fingerprint density at radius 2 is 1.84 bits per heavy atom. The second-order valence-corrected chi connectivity index (χ2v) is 11.2. The first-order valence-corrected chi connectivity index (χ1v) is 14.6. The number of hydrogen-bond acceptors (Lipinski definition) is 6. The summed E-state index contributed by atoms with van der Waals surface area (Å²) in [7, 11) is 4.30. The standard InChI is InChI=1S/C33H34ClFN4O5/c1-19-22(9-6-12-28(19)37-31(40)26-17-38(2)33(42)39(3)32(26)41)24-11-5-10-23(30(24)34)20-14-27(35)25(29(15-20)43-4)16-36-21-8-7-13-44-18-21/h5-6,9-12,14-15,17,21,36H,7-8,13,16,18H2,1-4H3,(H,37,40)/t21-/m1/s1. The molecule has 0 spiro atoms. The van der Waals surface area contributed by atoms with E-state index in [2.05, 4.69) is 10.6 Å².